The lowest BCUT2D eigenvalue weighted by Gasteiger charge is -2.05. The molecule has 1 aromatic heterocycles. The number of benzene rings is 2. The van der Waals surface area contributed by atoms with E-state index in [1.165, 1.54) is 21.5 Å². The Bertz CT molecular complexity index is 769. The van der Waals surface area contributed by atoms with Gasteiger partial charge in [-0.05, 0) is 61.0 Å². The highest BCUT2D eigenvalue weighted by Crippen LogP contribution is 2.22. The zero-order valence-corrected chi connectivity index (χ0v) is 12.9. The van der Waals surface area contributed by atoms with Crippen LogP contribution < -0.4 is 5.32 Å². The third-order valence-corrected chi connectivity index (χ3v) is 4.43. The Labute approximate surface area is 127 Å². The fourth-order valence-electron chi connectivity index (χ4n) is 2.28. The van der Waals surface area contributed by atoms with Gasteiger partial charge in [-0.1, -0.05) is 18.2 Å². The lowest BCUT2D eigenvalue weighted by molar-refractivity contribution is 1.18. The van der Waals surface area contributed by atoms with Gasteiger partial charge in [-0.25, -0.2) is 0 Å². The number of hydrogen-bond acceptors (Lipinski definition) is 3. The molecular weight excluding hydrogens is 284 g/mol. The molecule has 2 N–H and O–H groups in total. The van der Waals surface area contributed by atoms with Crippen molar-refractivity contribution in [1.29, 1.82) is 0 Å². The fraction of sp³-hybridized carbons (Fsp3) is 0.188. The second kappa shape index (κ2) is 5.77. The lowest BCUT2D eigenvalue weighted by Crippen LogP contribution is -1.96. The van der Waals surface area contributed by atoms with Crippen LogP contribution in [-0.2, 0) is 6.42 Å². The quantitative estimate of drug-likeness (QED) is 0.665. The number of fused-ring (bicyclic) bond motifs is 1. The summed E-state index contributed by atoms with van der Waals surface area (Å²) in [7, 11) is 0. The maximum atomic E-state index is 5.18. The molecule has 0 saturated carbocycles. The SMILES string of the molecule is CCNc1ccc(Cc2ccc3[nH]c(=S)sc3c2)cc1. The number of rotatable bonds is 4. The summed E-state index contributed by atoms with van der Waals surface area (Å²) in [4.78, 5) is 3.20. The van der Waals surface area contributed by atoms with Gasteiger partial charge in [0.05, 0.1) is 10.2 Å². The third kappa shape index (κ3) is 2.92. The van der Waals surface area contributed by atoms with E-state index in [9.17, 15) is 0 Å². The number of H-pyrrole nitrogens is 1. The molecular formula is C16H16N2S2. The first-order valence-corrected chi connectivity index (χ1v) is 7.91. The van der Waals surface area contributed by atoms with E-state index in [-0.39, 0.29) is 0 Å². The van der Waals surface area contributed by atoms with Crippen LogP contribution in [0.5, 0.6) is 0 Å². The first-order chi connectivity index (χ1) is 9.74. The monoisotopic (exact) mass is 300 g/mol. The Balaban J connectivity index is 1.82. The molecule has 3 aromatic rings. The largest absolute Gasteiger partial charge is 0.385 e. The molecule has 0 spiro atoms. The van der Waals surface area contributed by atoms with Gasteiger partial charge in [-0.2, -0.15) is 0 Å². The maximum absolute atomic E-state index is 5.18. The molecule has 0 saturated heterocycles. The van der Waals surface area contributed by atoms with E-state index in [1.54, 1.807) is 11.3 Å². The van der Waals surface area contributed by atoms with E-state index in [2.05, 4.69) is 59.7 Å². The summed E-state index contributed by atoms with van der Waals surface area (Å²) in [5.41, 5.74) is 4.95. The lowest BCUT2D eigenvalue weighted by atomic mass is 10.0. The van der Waals surface area contributed by atoms with Gasteiger partial charge in [0.25, 0.3) is 0 Å². The Morgan fingerprint density at radius 3 is 2.60 bits per heavy atom. The molecule has 0 amide bonds. The number of aromatic amines is 1. The van der Waals surface area contributed by atoms with Crippen LogP contribution in [-0.4, -0.2) is 11.5 Å². The standard InChI is InChI=1S/C16H16N2S2/c1-2-17-13-6-3-11(4-7-13)9-12-5-8-14-15(10-12)20-16(19)18-14/h3-8,10,17H,2,9H2,1H3,(H,18,19). The molecule has 102 valence electrons. The van der Waals surface area contributed by atoms with Crippen molar-refractivity contribution in [1.82, 2.24) is 4.98 Å². The molecule has 20 heavy (non-hydrogen) atoms. The van der Waals surface area contributed by atoms with Crippen LogP contribution in [0.3, 0.4) is 0 Å². The van der Waals surface area contributed by atoms with Gasteiger partial charge >= 0.3 is 0 Å². The Morgan fingerprint density at radius 1 is 1.10 bits per heavy atom. The van der Waals surface area contributed by atoms with E-state index in [1.807, 2.05) is 0 Å². The molecule has 0 aliphatic heterocycles. The maximum Gasteiger partial charge on any atom is 0.159 e. The van der Waals surface area contributed by atoms with Gasteiger partial charge < -0.3 is 10.3 Å². The third-order valence-electron chi connectivity index (χ3n) is 3.23. The summed E-state index contributed by atoms with van der Waals surface area (Å²) in [6.45, 7) is 3.06. The highest BCUT2D eigenvalue weighted by atomic mass is 32.1. The van der Waals surface area contributed by atoms with Crippen molar-refractivity contribution in [3.63, 3.8) is 0 Å². The molecule has 2 aromatic carbocycles. The average molecular weight is 300 g/mol. The normalized spacial score (nSPS) is 10.8. The van der Waals surface area contributed by atoms with E-state index in [0.29, 0.717) is 0 Å². The van der Waals surface area contributed by atoms with Crippen LogP contribution >= 0.6 is 23.6 Å². The van der Waals surface area contributed by atoms with Crippen molar-refractivity contribution in [2.24, 2.45) is 0 Å². The molecule has 3 rings (SSSR count). The van der Waals surface area contributed by atoms with Crippen molar-refractivity contribution in [3.05, 3.63) is 57.5 Å². The van der Waals surface area contributed by atoms with Crippen molar-refractivity contribution in [3.8, 4) is 0 Å². The van der Waals surface area contributed by atoms with Crippen molar-refractivity contribution in [2.75, 3.05) is 11.9 Å². The van der Waals surface area contributed by atoms with Gasteiger partial charge in [-0.3, -0.25) is 0 Å². The smallest absolute Gasteiger partial charge is 0.159 e. The van der Waals surface area contributed by atoms with Crippen LogP contribution in [0.1, 0.15) is 18.1 Å². The number of nitrogens with one attached hydrogen (secondary N) is 2. The first-order valence-electron chi connectivity index (χ1n) is 6.69. The number of thiazole rings is 1. The molecule has 4 heteroatoms. The van der Waals surface area contributed by atoms with Crippen molar-refractivity contribution in [2.45, 2.75) is 13.3 Å². The average Bonchev–Trinajstić information content (AvgIpc) is 2.81. The molecule has 1 heterocycles. The van der Waals surface area contributed by atoms with Crippen molar-refractivity contribution >= 4 is 39.5 Å². The molecule has 0 atom stereocenters. The predicted octanol–water partition coefficient (Wildman–Crippen LogP) is 4.98. The first kappa shape index (κ1) is 13.3. The number of aromatic nitrogens is 1. The second-order valence-electron chi connectivity index (χ2n) is 4.75. The number of hydrogen-bond donors (Lipinski definition) is 2. The minimum Gasteiger partial charge on any atom is -0.385 e. The minimum absolute atomic E-state index is 0.840. The van der Waals surface area contributed by atoms with E-state index < -0.39 is 0 Å². The second-order valence-corrected chi connectivity index (χ2v) is 6.47. The van der Waals surface area contributed by atoms with E-state index in [0.717, 1.165) is 22.4 Å². The van der Waals surface area contributed by atoms with Gasteiger partial charge in [0.1, 0.15) is 0 Å². The van der Waals surface area contributed by atoms with E-state index in [4.69, 9.17) is 12.2 Å². The summed E-state index contributed by atoms with van der Waals surface area (Å²) in [6, 6.07) is 15.1. The topological polar surface area (TPSA) is 27.8 Å². The summed E-state index contributed by atoms with van der Waals surface area (Å²) >= 11 is 6.82. The molecule has 0 fully saturated rings. The summed E-state index contributed by atoms with van der Waals surface area (Å²) in [5.74, 6) is 0. The van der Waals surface area contributed by atoms with Gasteiger partial charge in [0.15, 0.2) is 3.95 Å². The summed E-state index contributed by atoms with van der Waals surface area (Å²) < 4.78 is 2.07. The highest BCUT2D eigenvalue weighted by Gasteiger charge is 2.01. The van der Waals surface area contributed by atoms with Gasteiger partial charge in [-0.15, -0.1) is 11.3 Å². The highest BCUT2D eigenvalue weighted by molar-refractivity contribution is 7.73. The van der Waals surface area contributed by atoms with Crippen LogP contribution in [0.15, 0.2) is 42.5 Å². The zero-order chi connectivity index (χ0) is 13.9. The Kier molecular flexibility index (Phi) is 3.85. The fourth-order valence-corrected chi connectivity index (χ4v) is 3.46. The van der Waals surface area contributed by atoms with Gasteiger partial charge in [0.2, 0.25) is 0 Å². The predicted molar refractivity (Wildman–Crippen MR) is 90.4 cm³/mol. The molecule has 0 bridgehead atoms. The van der Waals surface area contributed by atoms with Crippen LogP contribution in [0.4, 0.5) is 5.69 Å². The van der Waals surface area contributed by atoms with E-state index >= 15 is 0 Å². The molecule has 0 aliphatic carbocycles. The molecule has 0 unspecified atom stereocenters. The molecule has 2 nitrogen and oxygen atoms in total. The minimum atomic E-state index is 0.840. The summed E-state index contributed by atoms with van der Waals surface area (Å²) in [6.07, 6.45) is 0.951. The molecule has 0 radical (unpaired) electrons. The summed E-state index contributed by atoms with van der Waals surface area (Å²) in [5, 5.41) is 3.31. The number of anilines is 1. The Hall–Kier alpha value is -1.65. The van der Waals surface area contributed by atoms with Crippen LogP contribution in [0, 0.1) is 3.95 Å². The van der Waals surface area contributed by atoms with Crippen LogP contribution in [0.25, 0.3) is 10.2 Å². The zero-order valence-electron chi connectivity index (χ0n) is 11.3. The Morgan fingerprint density at radius 2 is 1.85 bits per heavy atom. The van der Waals surface area contributed by atoms with Crippen LogP contribution in [0.2, 0.25) is 0 Å². The molecule has 0 aliphatic rings. The van der Waals surface area contributed by atoms with Gasteiger partial charge in [0, 0.05) is 12.2 Å². The van der Waals surface area contributed by atoms with Crippen molar-refractivity contribution < 1.29 is 0 Å².